The summed E-state index contributed by atoms with van der Waals surface area (Å²) in [7, 11) is 0. The Morgan fingerprint density at radius 2 is 2.10 bits per heavy atom. The quantitative estimate of drug-likeness (QED) is 0.501. The van der Waals surface area contributed by atoms with Crippen LogP contribution in [0, 0.1) is 0 Å². The van der Waals surface area contributed by atoms with Gasteiger partial charge in [0, 0.05) is 43.1 Å². The monoisotopic (exact) mass is 462 g/mol. The molecule has 0 bridgehead atoms. The molecule has 3 aromatic rings. The van der Waals surface area contributed by atoms with Crippen LogP contribution in [0.1, 0.15) is 17.6 Å². The summed E-state index contributed by atoms with van der Waals surface area (Å²) in [6, 6.07) is 7.49. The van der Waals surface area contributed by atoms with Crippen molar-refractivity contribution in [3.63, 3.8) is 0 Å². The number of hydrogen-bond donors (Lipinski definition) is 0. The minimum atomic E-state index is 0.127. The number of aromatic nitrogens is 4. The number of aryl methyl sites for hydroxylation is 1. The third-order valence-electron chi connectivity index (χ3n) is 4.94. The molecule has 1 aliphatic rings. The summed E-state index contributed by atoms with van der Waals surface area (Å²) in [6.07, 6.45) is 2.62. The van der Waals surface area contributed by atoms with E-state index in [1.807, 2.05) is 33.7 Å². The highest BCUT2D eigenvalue weighted by Crippen LogP contribution is 2.22. The van der Waals surface area contributed by atoms with Gasteiger partial charge >= 0.3 is 0 Å². The molecular formula is C20H23ClN6OS2. The van der Waals surface area contributed by atoms with E-state index in [1.54, 1.807) is 17.7 Å². The first-order chi connectivity index (χ1) is 14.6. The summed E-state index contributed by atoms with van der Waals surface area (Å²) in [5.74, 6) is 0.466. The van der Waals surface area contributed by atoms with Crippen LogP contribution in [-0.4, -0.2) is 67.4 Å². The molecule has 158 valence electrons. The Balaban J connectivity index is 1.27. The SMILES string of the molecule is CCc1nc(CN2CCN(C(=O)CSc3nncn3-c3cccc(Cl)c3)CC2)cs1. The van der Waals surface area contributed by atoms with Crippen molar-refractivity contribution in [3.05, 3.63) is 51.7 Å². The molecule has 0 radical (unpaired) electrons. The van der Waals surface area contributed by atoms with Gasteiger partial charge in [0.05, 0.1) is 22.1 Å². The first kappa shape index (κ1) is 21.3. The minimum absolute atomic E-state index is 0.127. The van der Waals surface area contributed by atoms with Gasteiger partial charge in [-0.2, -0.15) is 0 Å². The Morgan fingerprint density at radius 3 is 2.83 bits per heavy atom. The lowest BCUT2D eigenvalue weighted by Gasteiger charge is -2.34. The first-order valence-electron chi connectivity index (χ1n) is 9.84. The van der Waals surface area contributed by atoms with Crippen molar-refractivity contribution in [1.29, 1.82) is 0 Å². The van der Waals surface area contributed by atoms with E-state index in [9.17, 15) is 4.79 Å². The van der Waals surface area contributed by atoms with E-state index in [2.05, 4.69) is 32.4 Å². The first-order valence-corrected chi connectivity index (χ1v) is 12.1. The lowest BCUT2D eigenvalue weighted by molar-refractivity contribution is -0.130. The summed E-state index contributed by atoms with van der Waals surface area (Å²) >= 11 is 9.21. The second-order valence-corrected chi connectivity index (χ2v) is 9.32. The lowest BCUT2D eigenvalue weighted by Crippen LogP contribution is -2.48. The van der Waals surface area contributed by atoms with Crippen molar-refractivity contribution < 1.29 is 4.79 Å². The number of carbonyl (C=O) groups is 1. The second kappa shape index (κ2) is 9.91. The number of nitrogens with zero attached hydrogens (tertiary/aromatic N) is 6. The van der Waals surface area contributed by atoms with E-state index in [-0.39, 0.29) is 5.91 Å². The summed E-state index contributed by atoms with van der Waals surface area (Å²) in [4.78, 5) is 21.6. The van der Waals surface area contributed by atoms with Crippen LogP contribution < -0.4 is 0 Å². The van der Waals surface area contributed by atoms with Gasteiger partial charge in [-0.05, 0) is 24.6 Å². The van der Waals surface area contributed by atoms with Crippen molar-refractivity contribution in [2.24, 2.45) is 0 Å². The van der Waals surface area contributed by atoms with Crippen LogP contribution in [0.25, 0.3) is 5.69 Å². The maximum Gasteiger partial charge on any atom is 0.233 e. The van der Waals surface area contributed by atoms with Gasteiger partial charge in [-0.3, -0.25) is 14.3 Å². The summed E-state index contributed by atoms with van der Waals surface area (Å²) in [6.45, 7) is 6.21. The van der Waals surface area contributed by atoms with Gasteiger partial charge in [0.1, 0.15) is 6.33 Å². The zero-order valence-electron chi connectivity index (χ0n) is 16.7. The number of halogens is 1. The maximum absolute atomic E-state index is 12.7. The second-order valence-electron chi connectivity index (χ2n) is 7.00. The predicted octanol–water partition coefficient (Wildman–Crippen LogP) is 3.38. The molecule has 1 aromatic carbocycles. The molecule has 1 aliphatic heterocycles. The van der Waals surface area contributed by atoms with Crippen molar-refractivity contribution in [3.8, 4) is 5.69 Å². The van der Waals surface area contributed by atoms with Gasteiger partial charge in [-0.1, -0.05) is 36.4 Å². The molecule has 0 saturated carbocycles. The molecule has 7 nitrogen and oxygen atoms in total. The van der Waals surface area contributed by atoms with Gasteiger partial charge in [-0.15, -0.1) is 21.5 Å². The van der Waals surface area contributed by atoms with Crippen LogP contribution >= 0.6 is 34.7 Å². The Bertz CT molecular complexity index is 999. The van der Waals surface area contributed by atoms with E-state index < -0.39 is 0 Å². The van der Waals surface area contributed by atoms with Gasteiger partial charge < -0.3 is 4.90 Å². The van der Waals surface area contributed by atoms with Crippen LogP contribution in [0.2, 0.25) is 5.02 Å². The zero-order valence-corrected chi connectivity index (χ0v) is 19.1. The molecule has 2 aromatic heterocycles. The number of carbonyl (C=O) groups excluding carboxylic acids is 1. The topological polar surface area (TPSA) is 67.2 Å². The summed E-state index contributed by atoms with van der Waals surface area (Å²) < 4.78 is 1.85. The number of benzene rings is 1. The molecule has 0 aliphatic carbocycles. The fourth-order valence-electron chi connectivity index (χ4n) is 3.31. The molecule has 0 atom stereocenters. The Labute approximate surface area is 189 Å². The Kier molecular flexibility index (Phi) is 7.04. The van der Waals surface area contributed by atoms with Crippen LogP contribution in [0.4, 0.5) is 0 Å². The van der Waals surface area contributed by atoms with Crippen LogP contribution in [0.3, 0.4) is 0 Å². The number of thioether (sulfide) groups is 1. The highest BCUT2D eigenvalue weighted by molar-refractivity contribution is 7.99. The zero-order chi connectivity index (χ0) is 20.9. The third-order valence-corrected chi connectivity index (χ3v) is 7.14. The predicted molar refractivity (Wildman–Crippen MR) is 120 cm³/mol. The third kappa shape index (κ3) is 5.21. The standard InChI is InChI=1S/C20H23ClN6OS2/c1-2-18-23-16(12-29-18)11-25-6-8-26(9-7-25)19(28)13-30-20-24-22-14-27(20)17-5-3-4-15(21)10-17/h3-5,10,12,14H,2,6-9,11,13H2,1H3. The highest BCUT2D eigenvalue weighted by Gasteiger charge is 2.22. The van der Waals surface area contributed by atoms with Gasteiger partial charge in [0.2, 0.25) is 5.91 Å². The van der Waals surface area contributed by atoms with Gasteiger partial charge in [0.15, 0.2) is 5.16 Å². The smallest absolute Gasteiger partial charge is 0.233 e. The van der Waals surface area contributed by atoms with E-state index in [0.29, 0.717) is 15.9 Å². The van der Waals surface area contributed by atoms with E-state index in [1.165, 1.54) is 16.8 Å². The molecule has 10 heteroatoms. The average Bonchev–Trinajstić information content (AvgIpc) is 3.42. The lowest BCUT2D eigenvalue weighted by atomic mass is 10.3. The fourth-order valence-corrected chi connectivity index (χ4v) is 5.06. The molecule has 4 rings (SSSR count). The van der Waals surface area contributed by atoms with Crippen molar-refractivity contribution in [2.75, 3.05) is 31.9 Å². The molecule has 30 heavy (non-hydrogen) atoms. The Morgan fingerprint density at radius 1 is 1.27 bits per heavy atom. The number of hydrogen-bond acceptors (Lipinski definition) is 7. The average molecular weight is 463 g/mol. The molecule has 0 spiro atoms. The normalized spacial score (nSPS) is 14.9. The van der Waals surface area contributed by atoms with Gasteiger partial charge in [0.25, 0.3) is 0 Å². The number of rotatable bonds is 7. The largest absolute Gasteiger partial charge is 0.339 e. The molecular weight excluding hydrogens is 440 g/mol. The number of amides is 1. The molecule has 0 unspecified atom stereocenters. The van der Waals surface area contributed by atoms with Crippen molar-refractivity contribution in [1.82, 2.24) is 29.5 Å². The van der Waals surface area contributed by atoms with Crippen LogP contribution in [-0.2, 0) is 17.8 Å². The van der Waals surface area contributed by atoms with Crippen molar-refractivity contribution in [2.45, 2.75) is 25.0 Å². The van der Waals surface area contributed by atoms with Gasteiger partial charge in [-0.25, -0.2) is 4.98 Å². The van der Waals surface area contributed by atoms with E-state index >= 15 is 0 Å². The molecule has 0 N–H and O–H groups in total. The minimum Gasteiger partial charge on any atom is -0.339 e. The molecule has 3 heterocycles. The number of thiazole rings is 1. The molecule has 1 saturated heterocycles. The van der Waals surface area contributed by atoms with Crippen LogP contribution in [0.15, 0.2) is 41.1 Å². The fraction of sp³-hybridized carbons (Fsp3) is 0.400. The molecule has 1 amide bonds. The number of piperazine rings is 1. The summed E-state index contributed by atoms with van der Waals surface area (Å²) in [5, 5.41) is 12.8. The maximum atomic E-state index is 12.7. The van der Waals surface area contributed by atoms with Crippen molar-refractivity contribution >= 4 is 40.6 Å². The highest BCUT2D eigenvalue weighted by atomic mass is 35.5. The molecule has 1 fully saturated rings. The summed E-state index contributed by atoms with van der Waals surface area (Å²) in [5.41, 5.74) is 2.01. The van der Waals surface area contributed by atoms with E-state index in [0.717, 1.165) is 50.5 Å². The van der Waals surface area contributed by atoms with E-state index in [4.69, 9.17) is 11.6 Å². The Hall–Kier alpha value is -1.94. The van der Waals surface area contributed by atoms with Crippen LogP contribution in [0.5, 0.6) is 0 Å².